The zero-order valence-corrected chi connectivity index (χ0v) is 11.0. The van der Waals surface area contributed by atoms with Crippen LogP contribution in [0.5, 0.6) is 0 Å². The molecule has 0 bridgehead atoms. The number of H-pyrrole nitrogens is 1. The number of nitrogens with zero attached hydrogens (tertiary/aromatic N) is 2. The number of methoxy groups -OCH3 is 1. The number of hydrogen-bond acceptors (Lipinski definition) is 5. The molecule has 1 N–H and O–H groups in total. The number of nitro groups is 1. The maximum absolute atomic E-state index is 12.3. The minimum atomic E-state index is -0.590. The highest BCUT2D eigenvalue weighted by molar-refractivity contribution is 5.79. The van der Waals surface area contributed by atoms with Gasteiger partial charge in [0.15, 0.2) is 0 Å². The number of aromatic nitrogens is 2. The summed E-state index contributed by atoms with van der Waals surface area (Å²) in [5.74, 6) is 0. The number of fused-ring (bicyclic) bond motifs is 1. The molecular formula is C12H13N3O5. The molecule has 0 radical (unpaired) electrons. The van der Waals surface area contributed by atoms with E-state index in [9.17, 15) is 19.7 Å². The number of aromatic amines is 1. The fraction of sp³-hybridized carbons (Fsp3) is 0.333. The van der Waals surface area contributed by atoms with Gasteiger partial charge in [0.2, 0.25) is 0 Å². The Morgan fingerprint density at radius 1 is 1.45 bits per heavy atom. The van der Waals surface area contributed by atoms with Crippen LogP contribution in [-0.2, 0) is 4.74 Å². The van der Waals surface area contributed by atoms with Gasteiger partial charge in [-0.25, -0.2) is 4.79 Å². The van der Waals surface area contributed by atoms with Gasteiger partial charge in [-0.3, -0.25) is 19.5 Å². The predicted octanol–water partition coefficient (Wildman–Crippen LogP) is 0.805. The molecule has 8 nitrogen and oxygen atoms in total. The van der Waals surface area contributed by atoms with E-state index in [1.165, 1.54) is 19.2 Å². The van der Waals surface area contributed by atoms with Gasteiger partial charge in [-0.15, -0.1) is 0 Å². The highest BCUT2D eigenvalue weighted by atomic mass is 16.6. The summed E-state index contributed by atoms with van der Waals surface area (Å²) in [5.41, 5.74) is -1.07. The van der Waals surface area contributed by atoms with Crippen LogP contribution in [0.2, 0.25) is 0 Å². The van der Waals surface area contributed by atoms with Crippen LogP contribution in [0.4, 0.5) is 5.69 Å². The second-order valence-electron chi connectivity index (χ2n) is 4.40. The summed E-state index contributed by atoms with van der Waals surface area (Å²) in [6.45, 7) is 1.84. The number of rotatable bonds is 4. The standard InChI is InChI=1S/C12H13N3O5/c1-7(6-20-2)14-11(16)9-5-8(15(18)19)3-4-10(9)13-12(14)17/h3-5,7H,6H2,1-2H3,(H,13,17)/t7-/m0/s1. The molecule has 106 valence electrons. The molecule has 20 heavy (non-hydrogen) atoms. The molecule has 1 aromatic heterocycles. The van der Waals surface area contributed by atoms with E-state index in [0.29, 0.717) is 0 Å². The molecule has 1 atom stereocenters. The summed E-state index contributed by atoms with van der Waals surface area (Å²) in [4.78, 5) is 36.9. The normalized spacial score (nSPS) is 12.5. The molecular weight excluding hydrogens is 266 g/mol. The van der Waals surface area contributed by atoms with Crippen molar-refractivity contribution in [2.24, 2.45) is 0 Å². The SMILES string of the molecule is COC[C@H](C)n1c(=O)[nH]c2ccc([N+](=O)[O-])cc2c1=O. The summed E-state index contributed by atoms with van der Waals surface area (Å²) in [5, 5.41) is 10.8. The zero-order valence-electron chi connectivity index (χ0n) is 11.0. The van der Waals surface area contributed by atoms with Crippen molar-refractivity contribution < 1.29 is 9.66 Å². The van der Waals surface area contributed by atoms with Crippen LogP contribution in [0.1, 0.15) is 13.0 Å². The molecule has 0 saturated heterocycles. The van der Waals surface area contributed by atoms with Gasteiger partial charge >= 0.3 is 5.69 Å². The molecule has 0 aliphatic heterocycles. The van der Waals surface area contributed by atoms with Crippen molar-refractivity contribution in [2.75, 3.05) is 13.7 Å². The largest absolute Gasteiger partial charge is 0.383 e. The predicted molar refractivity (Wildman–Crippen MR) is 72.1 cm³/mol. The number of nitrogens with one attached hydrogen (secondary N) is 1. The Morgan fingerprint density at radius 2 is 2.15 bits per heavy atom. The van der Waals surface area contributed by atoms with Crippen LogP contribution in [0.25, 0.3) is 10.9 Å². The third-order valence-electron chi connectivity index (χ3n) is 2.97. The Labute approximate surface area is 112 Å². The van der Waals surface area contributed by atoms with Crippen molar-refractivity contribution in [3.8, 4) is 0 Å². The van der Waals surface area contributed by atoms with E-state index in [2.05, 4.69) is 4.98 Å². The van der Waals surface area contributed by atoms with Gasteiger partial charge in [-0.1, -0.05) is 0 Å². The summed E-state index contributed by atoms with van der Waals surface area (Å²) in [6.07, 6.45) is 0. The van der Waals surface area contributed by atoms with Crippen molar-refractivity contribution in [3.05, 3.63) is 49.2 Å². The van der Waals surface area contributed by atoms with E-state index in [1.807, 2.05) is 0 Å². The Balaban J connectivity index is 2.75. The smallest absolute Gasteiger partial charge is 0.329 e. The first-order valence-electron chi connectivity index (χ1n) is 5.87. The Kier molecular flexibility index (Phi) is 3.66. The topological polar surface area (TPSA) is 107 Å². The number of benzene rings is 1. The summed E-state index contributed by atoms with van der Waals surface area (Å²) >= 11 is 0. The molecule has 1 aromatic carbocycles. The van der Waals surface area contributed by atoms with Crippen LogP contribution < -0.4 is 11.2 Å². The van der Waals surface area contributed by atoms with E-state index >= 15 is 0 Å². The molecule has 0 fully saturated rings. The molecule has 0 spiro atoms. The van der Waals surface area contributed by atoms with Gasteiger partial charge in [0.05, 0.1) is 28.5 Å². The fourth-order valence-corrected chi connectivity index (χ4v) is 2.05. The highest BCUT2D eigenvalue weighted by Crippen LogP contribution is 2.16. The van der Waals surface area contributed by atoms with Crippen LogP contribution in [0.3, 0.4) is 0 Å². The Bertz CT molecular complexity index is 777. The van der Waals surface area contributed by atoms with Crippen LogP contribution in [0, 0.1) is 10.1 Å². The van der Waals surface area contributed by atoms with E-state index < -0.39 is 22.2 Å². The van der Waals surface area contributed by atoms with Crippen molar-refractivity contribution in [2.45, 2.75) is 13.0 Å². The van der Waals surface area contributed by atoms with Gasteiger partial charge in [0.25, 0.3) is 11.2 Å². The first-order valence-corrected chi connectivity index (χ1v) is 5.87. The Hall–Kier alpha value is -2.48. The van der Waals surface area contributed by atoms with E-state index in [0.717, 1.165) is 10.6 Å². The maximum atomic E-state index is 12.3. The highest BCUT2D eigenvalue weighted by Gasteiger charge is 2.15. The van der Waals surface area contributed by atoms with Crippen LogP contribution >= 0.6 is 0 Å². The lowest BCUT2D eigenvalue weighted by Crippen LogP contribution is -2.38. The first-order chi connectivity index (χ1) is 9.45. The van der Waals surface area contributed by atoms with Gasteiger partial charge in [0, 0.05) is 19.2 Å². The zero-order chi connectivity index (χ0) is 14.9. The first kappa shape index (κ1) is 13.9. The average molecular weight is 279 g/mol. The second kappa shape index (κ2) is 5.25. The van der Waals surface area contributed by atoms with E-state index in [-0.39, 0.29) is 23.2 Å². The van der Waals surface area contributed by atoms with E-state index in [1.54, 1.807) is 6.92 Å². The van der Waals surface area contributed by atoms with Crippen molar-refractivity contribution in [3.63, 3.8) is 0 Å². The maximum Gasteiger partial charge on any atom is 0.329 e. The van der Waals surface area contributed by atoms with Crippen molar-refractivity contribution in [1.29, 1.82) is 0 Å². The molecule has 0 unspecified atom stereocenters. The minimum Gasteiger partial charge on any atom is -0.383 e. The molecule has 2 aromatic rings. The number of hydrogen-bond donors (Lipinski definition) is 1. The molecule has 8 heteroatoms. The average Bonchev–Trinajstić information content (AvgIpc) is 2.38. The molecule has 0 saturated carbocycles. The molecule has 0 amide bonds. The van der Waals surface area contributed by atoms with Gasteiger partial charge < -0.3 is 9.72 Å². The van der Waals surface area contributed by atoms with Crippen molar-refractivity contribution >= 4 is 16.6 Å². The third-order valence-corrected chi connectivity index (χ3v) is 2.97. The number of ether oxygens (including phenoxy) is 1. The number of nitro benzene ring substituents is 1. The van der Waals surface area contributed by atoms with Crippen LogP contribution in [0.15, 0.2) is 27.8 Å². The number of non-ortho nitro benzene ring substituents is 1. The van der Waals surface area contributed by atoms with Gasteiger partial charge in [-0.2, -0.15) is 0 Å². The lowest BCUT2D eigenvalue weighted by Gasteiger charge is -2.13. The summed E-state index contributed by atoms with van der Waals surface area (Å²) in [6, 6.07) is 3.27. The molecule has 0 aliphatic carbocycles. The quantitative estimate of drug-likeness (QED) is 0.658. The van der Waals surface area contributed by atoms with Gasteiger partial charge in [0.1, 0.15) is 0 Å². The third kappa shape index (κ3) is 2.32. The lowest BCUT2D eigenvalue weighted by molar-refractivity contribution is -0.384. The fourth-order valence-electron chi connectivity index (χ4n) is 2.05. The molecule has 0 aliphatic rings. The Morgan fingerprint density at radius 3 is 2.75 bits per heavy atom. The summed E-state index contributed by atoms with van der Waals surface area (Å²) < 4.78 is 5.92. The molecule has 1 heterocycles. The monoisotopic (exact) mass is 279 g/mol. The van der Waals surface area contributed by atoms with E-state index in [4.69, 9.17) is 4.74 Å². The van der Waals surface area contributed by atoms with Crippen LogP contribution in [-0.4, -0.2) is 28.2 Å². The van der Waals surface area contributed by atoms with Gasteiger partial charge in [-0.05, 0) is 13.0 Å². The summed E-state index contributed by atoms with van der Waals surface area (Å²) in [7, 11) is 1.46. The molecule has 2 rings (SSSR count). The lowest BCUT2D eigenvalue weighted by atomic mass is 10.2. The minimum absolute atomic E-state index is 0.0988. The van der Waals surface area contributed by atoms with Crippen molar-refractivity contribution in [1.82, 2.24) is 9.55 Å². The second-order valence-corrected chi connectivity index (χ2v) is 4.40.